The maximum Gasteiger partial charge on any atom is 0.341 e. The van der Waals surface area contributed by atoms with Crippen molar-refractivity contribution in [3.8, 4) is 16.9 Å². The molecule has 2 aliphatic heterocycles. The first kappa shape index (κ1) is 26.3. The summed E-state index contributed by atoms with van der Waals surface area (Å²) >= 11 is 0. The maximum absolute atomic E-state index is 12.8. The highest BCUT2D eigenvalue weighted by atomic mass is 28.1. The van der Waals surface area contributed by atoms with E-state index in [9.17, 15) is 14.7 Å². The average Bonchev–Trinajstić information content (AvgIpc) is 3.66. The average molecular weight is 556 g/mol. The molecule has 205 valence electrons. The van der Waals surface area contributed by atoms with Crippen molar-refractivity contribution in [1.82, 2.24) is 9.55 Å². The van der Waals surface area contributed by atoms with Crippen LogP contribution in [-0.2, 0) is 4.74 Å². The zero-order valence-electron chi connectivity index (χ0n) is 22.6. The molecule has 0 amide bonds. The van der Waals surface area contributed by atoms with Crippen LogP contribution in [0.5, 0.6) is 0 Å². The quantitative estimate of drug-likeness (QED) is 0.334. The molecule has 4 aromatic rings. The van der Waals surface area contributed by atoms with Gasteiger partial charge in [0.25, 0.3) is 6.01 Å². The van der Waals surface area contributed by atoms with Crippen molar-refractivity contribution in [1.29, 1.82) is 0 Å². The van der Waals surface area contributed by atoms with Gasteiger partial charge in [0.15, 0.2) is 11.0 Å². The Balaban J connectivity index is 1.41. The van der Waals surface area contributed by atoms with E-state index in [1.807, 2.05) is 42.5 Å². The van der Waals surface area contributed by atoms with Gasteiger partial charge in [0.1, 0.15) is 11.1 Å². The van der Waals surface area contributed by atoms with Gasteiger partial charge in [0.05, 0.1) is 28.6 Å². The number of hydrogen-bond acceptors (Lipinski definition) is 7. The van der Waals surface area contributed by atoms with Gasteiger partial charge >= 0.3 is 5.97 Å². The Kier molecular flexibility index (Phi) is 6.75. The third kappa shape index (κ3) is 4.71. The predicted octanol–water partition coefficient (Wildman–Crippen LogP) is 4.44. The van der Waals surface area contributed by atoms with Crippen molar-refractivity contribution in [2.75, 3.05) is 36.6 Å². The Hall–Kier alpha value is -3.89. The van der Waals surface area contributed by atoms with Gasteiger partial charge in [-0.25, -0.2) is 4.79 Å². The summed E-state index contributed by atoms with van der Waals surface area (Å²) in [4.78, 5) is 33.8. The number of rotatable bonds is 7. The normalized spacial score (nSPS) is 21.0. The molecule has 2 saturated heterocycles. The fourth-order valence-electron chi connectivity index (χ4n) is 5.95. The van der Waals surface area contributed by atoms with Gasteiger partial charge in [-0.15, -0.1) is 0 Å². The minimum Gasteiger partial charge on any atom is -0.477 e. The number of methoxy groups -OCH3 is 1. The summed E-state index contributed by atoms with van der Waals surface area (Å²) < 4.78 is 13.3. The molecule has 10 heteroatoms. The lowest BCUT2D eigenvalue weighted by molar-refractivity contribution is 0.0695. The SMILES string of the molecule is COC[C@H]1CCCN1c1nc2ccc(-n3cc(C(=O)O)c(=O)cc3-c3ccc(N4CCC[C@@]4(C)[Si])cc3)cc2o1. The molecule has 1 N–H and O–H groups in total. The summed E-state index contributed by atoms with van der Waals surface area (Å²) in [7, 11) is 5.59. The summed E-state index contributed by atoms with van der Waals surface area (Å²) in [6, 6.07) is 15.7. The molecule has 40 heavy (non-hydrogen) atoms. The van der Waals surface area contributed by atoms with E-state index in [1.165, 1.54) is 12.3 Å². The number of carboxylic acid groups (broad SMARTS) is 1. The highest BCUT2D eigenvalue weighted by molar-refractivity contribution is 6.17. The zero-order valence-corrected chi connectivity index (χ0v) is 23.6. The lowest BCUT2D eigenvalue weighted by atomic mass is 10.1. The first-order chi connectivity index (χ1) is 19.2. The van der Waals surface area contributed by atoms with Crippen molar-refractivity contribution in [2.45, 2.75) is 43.8 Å². The summed E-state index contributed by atoms with van der Waals surface area (Å²) in [5.41, 5.74) is 3.57. The maximum atomic E-state index is 12.8. The standard InChI is InChI=1S/C30H31N4O5Si/c1-30(40)12-4-14-34(30)20-8-6-19(7-9-20)25-16-26(35)23(28(36)37)17-33(25)21-10-11-24-27(15-21)39-29(31-24)32-13-3-5-22(32)18-38-2/h6-11,15-17,22H,3-5,12-14,18H2,1-2H3,(H,36,37)/t22-,30-/m1/s1. The lowest BCUT2D eigenvalue weighted by Gasteiger charge is -2.33. The first-order valence-electron chi connectivity index (χ1n) is 13.5. The van der Waals surface area contributed by atoms with Gasteiger partial charge < -0.3 is 28.6 Å². The molecule has 0 spiro atoms. The number of benzene rings is 2. The smallest absolute Gasteiger partial charge is 0.341 e. The van der Waals surface area contributed by atoms with Crippen molar-refractivity contribution < 1.29 is 19.1 Å². The van der Waals surface area contributed by atoms with Crippen LogP contribution in [0.1, 0.15) is 43.0 Å². The third-order valence-corrected chi connectivity index (χ3v) is 8.54. The molecule has 0 unspecified atom stereocenters. The van der Waals surface area contributed by atoms with Crippen LogP contribution in [0.3, 0.4) is 0 Å². The van der Waals surface area contributed by atoms with E-state index >= 15 is 0 Å². The van der Waals surface area contributed by atoms with Crippen LogP contribution >= 0.6 is 0 Å². The molecule has 9 nitrogen and oxygen atoms in total. The van der Waals surface area contributed by atoms with Crippen molar-refractivity contribution in [2.24, 2.45) is 0 Å². The minimum atomic E-state index is -1.27. The molecule has 3 radical (unpaired) electrons. The van der Waals surface area contributed by atoms with E-state index in [2.05, 4.69) is 27.0 Å². The van der Waals surface area contributed by atoms with Crippen molar-refractivity contribution in [3.63, 3.8) is 0 Å². The van der Waals surface area contributed by atoms with Crippen LogP contribution in [0, 0.1) is 0 Å². The fourth-order valence-corrected chi connectivity index (χ4v) is 6.36. The van der Waals surface area contributed by atoms with Crippen LogP contribution < -0.4 is 15.2 Å². The topological polar surface area (TPSA) is 101 Å². The Labute approximate surface area is 235 Å². The molecule has 0 saturated carbocycles. The molecule has 2 fully saturated rings. The summed E-state index contributed by atoms with van der Waals surface area (Å²) in [6.45, 7) is 4.58. The zero-order chi connectivity index (χ0) is 28.0. The molecule has 0 aliphatic carbocycles. The third-order valence-electron chi connectivity index (χ3n) is 8.02. The van der Waals surface area contributed by atoms with E-state index in [1.54, 1.807) is 11.7 Å². The van der Waals surface area contributed by atoms with Crippen LogP contribution in [0.25, 0.3) is 28.0 Å². The number of carboxylic acids is 1. The number of hydrogen-bond donors (Lipinski definition) is 1. The largest absolute Gasteiger partial charge is 0.477 e. The van der Waals surface area contributed by atoms with E-state index in [0.717, 1.165) is 50.0 Å². The summed E-state index contributed by atoms with van der Waals surface area (Å²) in [5, 5.41) is 9.60. The number of aromatic carboxylic acids is 1. The second-order valence-electron chi connectivity index (χ2n) is 10.8. The second-order valence-corrected chi connectivity index (χ2v) is 11.9. The Morgan fingerprint density at radius 1 is 1.15 bits per heavy atom. The van der Waals surface area contributed by atoms with Gasteiger partial charge in [0.2, 0.25) is 0 Å². The number of pyridine rings is 1. The van der Waals surface area contributed by atoms with Crippen molar-refractivity contribution >= 4 is 39.0 Å². The van der Waals surface area contributed by atoms with Crippen LogP contribution in [0.4, 0.5) is 11.7 Å². The highest BCUT2D eigenvalue weighted by Gasteiger charge is 2.32. The number of fused-ring (bicyclic) bond motifs is 1. The second kappa shape index (κ2) is 10.3. The number of nitrogens with zero attached hydrogens (tertiary/aromatic N) is 4. The van der Waals surface area contributed by atoms with Gasteiger partial charge in [-0.2, -0.15) is 4.98 Å². The molecule has 2 aromatic carbocycles. The Morgan fingerprint density at radius 2 is 1.93 bits per heavy atom. The summed E-state index contributed by atoms with van der Waals surface area (Å²) in [5.74, 6) is -1.27. The molecule has 2 aliphatic rings. The number of ether oxygens (including phenoxy) is 1. The van der Waals surface area contributed by atoms with Crippen molar-refractivity contribution in [3.05, 3.63) is 70.5 Å². The van der Waals surface area contributed by atoms with Gasteiger partial charge in [0, 0.05) is 55.1 Å². The molecule has 2 aromatic heterocycles. The van der Waals surface area contributed by atoms with E-state index in [-0.39, 0.29) is 16.8 Å². The van der Waals surface area contributed by atoms with Gasteiger partial charge in [-0.05, 0) is 62.4 Å². The first-order valence-corrected chi connectivity index (χ1v) is 14.0. The monoisotopic (exact) mass is 555 g/mol. The van der Waals surface area contributed by atoms with Crippen LogP contribution in [0.15, 0.2) is 63.9 Å². The van der Waals surface area contributed by atoms with E-state index < -0.39 is 11.4 Å². The Bertz CT molecular complexity index is 1630. The molecule has 6 rings (SSSR count). The summed E-state index contributed by atoms with van der Waals surface area (Å²) in [6.07, 6.45) is 5.61. The molecular weight excluding hydrogens is 524 g/mol. The highest BCUT2D eigenvalue weighted by Crippen LogP contribution is 2.34. The van der Waals surface area contributed by atoms with Crippen LogP contribution in [-0.4, -0.2) is 68.9 Å². The van der Waals surface area contributed by atoms with Gasteiger partial charge in [-0.3, -0.25) is 4.79 Å². The fraction of sp³-hybridized carbons (Fsp3) is 0.367. The molecule has 4 heterocycles. The molecule has 2 atom stereocenters. The Morgan fingerprint density at radius 3 is 2.62 bits per heavy atom. The number of oxazole rings is 1. The van der Waals surface area contributed by atoms with Crippen LogP contribution in [0.2, 0.25) is 0 Å². The number of aromatic nitrogens is 2. The molecule has 0 bridgehead atoms. The lowest BCUT2D eigenvalue weighted by Crippen LogP contribution is -2.41. The minimum absolute atomic E-state index is 0.100. The number of anilines is 2. The predicted molar refractivity (Wildman–Crippen MR) is 155 cm³/mol. The van der Waals surface area contributed by atoms with Gasteiger partial charge in [-0.1, -0.05) is 12.1 Å². The van der Waals surface area contributed by atoms with E-state index in [0.29, 0.717) is 35.1 Å². The van der Waals surface area contributed by atoms with E-state index in [4.69, 9.17) is 14.1 Å². The number of carbonyl (C=O) groups is 1. The molecular formula is C30H31N4O5Si.